The first-order valence-electron chi connectivity index (χ1n) is 8.56. The molecule has 4 nitrogen and oxygen atoms in total. The molecule has 1 atom stereocenters. The first-order chi connectivity index (χ1) is 10.1. The van der Waals surface area contributed by atoms with Gasteiger partial charge in [-0.1, -0.05) is 71.1 Å². The van der Waals surface area contributed by atoms with Crippen LogP contribution in [0.15, 0.2) is 0 Å². The second kappa shape index (κ2) is 14.1. The third kappa shape index (κ3) is 11.4. The first-order valence-corrected chi connectivity index (χ1v) is 8.56. The molecule has 21 heavy (non-hydrogen) atoms. The maximum atomic E-state index is 11.6. The molecule has 1 unspecified atom stereocenters. The molecule has 0 radical (unpaired) electrons. The number of carbonyl (C=O) groups excluding carboxylic acids is 1. The fraction of sp³-hybridized carbons (Fsp3) is 0.882. The van der Waals surface area contributed by atoms with Crippen LogP contribution in [0.4, 0.5) is 0 Å². The van der Waals surface area contributed by atoms with Crippen molar-refractivity contribution in [2.75, 3.05) is 7.05 Å². The minimum Gasteiger partial charge on any atom is -0.480 e. The van der Waals surface area contributed by atoms with Crippen LogP contribution >= 0.6 is 0 Å². The molecule has 0 aliphatic heterocycles. The van der Waals surface area contributed by atoms with Gasteiger partial charge in [0, 0.05) is 6.42 Å². The third-order valence-electron chi connectivity index (χ3n) is 3.88. The van der Waals surface area contributed by atoms with Crippen LogP contribution in [0.2, 0.25) is 0 Å². The largest absolute Gasteiger partial charge is 0.480 e. The Balaban J connectivity index is 3.36. The SMILES string of the molecule is CCCCCCCCCCCCCC(=O)C(NC)C(=O)O. The van der Waals surface area contributed by atoms with Gasteiger partial charge in [-0.15, -0.1) is 0 Å². The van der Waals surface area contributed by atoms with E-state index in [2.05, 4.69) is 12.2 Å². The van der Waals surface area contributed by atoms with E-state index in [-0.39, 0.29) is 5.78 Å². The normalized spacial score (nSPS) is 12.3. The molecule has 0 aliphatic carbocycles. The summed E-state index contributed by atoms with van der Waals surface area (Å²) in [5.41, 5.74) is 0. The maximum Gasteiger partial charge on any atom is 0.328 e. The molecule has 0 saturated heterocycles. The van der Waals surface area contributed by atoms with Gasteiger partial charge < -0.3 is 10.4 Å². The Bertz CT molecular complexity index is 279. The fourth-order valence-electron chi connectivity index (χ4n) is 2.53. The van der Waals surface area contributed by atoms with E-state index < -0.39 is 12.0 Å². The first kappa shape index (κ1) is 20.1. The van der Waals surface area contributed by atoms with Crippen molar-refractivity contribution in [1.82, 2.24) is 5.32 Å². The van der Waals surface area contributed by atoms with E-state index in [0.717, 1.165) is 19.3 Å². The number of carboxylic acids is 1. The molecule has 0 aromatic rings. The van der Waals surface area contributed by atoms with Gasteiger partial charge in [0.25, 0.3) is 0 Å². The zero-order valence-corrected chi connectivity index (χ0v) is 13.8. The van der Waals surface area contributed by atoms with E-state index in [1.54, 1.807) is 0 Å². The van der Waals surface area contributed by atoms with Gasteiger partial charge in [0.05, 0.1) is 0 Å². The fourth-order valence-corrected chi connectivity index (χ4v) is 2.53. The number of unbranched alkanes of at least 4 members (excludes halogenated alkanes) is 10. The molecule has 0 fully saturated rings. The van der Waals surface area contributed by atoms with Gasteiger partial charge in [-0.3, -0.25) is 9.59 Å². The molecule has 2 N–H and O–H groups in total. The summed E-state index contributed by atoms with van der Waals surface area (Å²) in [6, 6.07) is -1.03. The number of Topliss-reactive ketones (excluding diaryl/α,β-unsaturated/α-hetero) is 1. The number of aliphatic carboxylic acids is 1. The van der Waals surface area contributed by atoms with Crippen molar-refractivity contribution >= 4 is 11.8 Å². The van der Waals surface area contributed by atoms with Crippen LogP contribution in [0.5, 0.6) is 0 Å². The average Bonchev–Trinajstić information content (AvgIpc) is 2.45. The predicted molar refractivity (Wildman–Crippen MR) is 86.6 cm³/mol. The number of nitrogens with one attached hydrogen (secondary N) is 1. The lowest BCUT2D eigenvalue weighted by Gasteiger charge is -2.09. The van der Waals surface area contributed by atoms with Crippen LogP contribution in [-0.4, -0.2) is 29.9 Å². The predicted octanol–water partition coefficient (Wildman–Crippen LogP) is 3.93. The molecular formula is C17H33NO3. The minimum absolute atomic E-state index is 0.207. The molecule has 0 aliphatic rings. The van der Waals surface area contributed by atoms with Gasteiger partial charge in [0.15, 0.2) is 11.8 Å². The number of carbonyl (C=O) groups is 2. The van der Waals surface area contributed by atoms with Gasteiger partial charge in [-0.2, -0.15) is 0 Å². The quantitative estimate of drug-likeness (QED) is 0.355. The molecule has 0 rings (SSSR count). The summed E-state index contributed by atoms with van der Waals surface area (Å²) in [6.45, 7) is 2.24. The number of rotatable bonds is 15. The number of hydrogen-bond acceptors (Lipinski definition) is 3. The summed E-state index contributed by atoms with van der Waals surface area (Å²) < 4.78 is 0. The van der Waals surface area contributed by atoms with Crippen molar-refractivity contribution in [3.05, 3.63) is 0 Å². The zero-order valence-electron chi connectivity index (χ0n) is 13.8. The smallest absolute Gasteiger partial charge is 0.328 e. The number of likely N-dealkylation sites (N-methyl/N-ethyl adjacent to an activating group) is 1. The van der Waals surface area contributed by atoms with Crippen LogP contribution in [0, 0.1) is 0 Å². The number of ketones is 1. The van der Waals surface area contributed by atoms with E-state index in [0.29, 0.717) is 6.42 Å². The van der Waals surface area contributed by atoms with E-state index in [1.807, 2.05) is 0 Å². The van der Waals surface area contributed by atoms with Crippen LogP contribution < -0.4 is 5.32 Å². The van der Waals surface area contributed by atoms with Crippen LogP contribution in [0.25, 0.3) is 0 Å². The Hall–Kier alpha value is -0.900. The molecule has 0 spiro atoms. The van der Waals surface area contributed by atoms with E-state index >= 15 is 0 Å². The van der Waals surface area contributed by atoms with Gasteiger partial charge >= 0.3 is 5.97 Å². The van der Waals surface area contributed by atoms with Crippen molar-refractivity contribution in [1.29, 1.82) is 0 Å². The topological polar surface area (TPSA) is 66.4 Å². The summed E-state index contributed by atoms with van der Waals surface area (Å²) in [6.07, 6.45) is 13.9. The Labute approximate surface area is 129 Å². The third-order valence-corrected chi connectivity index (χ3v) is 3.88. The Morgan fingerprint density at radius 1 is 0.857 bits per heavy atom. The maximum absolute atomic E-state index is 11.6. The monoisotopic (exact) mass is 299 g/mol. The van der Waals surface area contributed by atoms with Gasteiger partial charge in [-0.25, -0.2) is 0 Å². The molecule has 0 saturated carbocycles. The van der Waals surface area contributed by atoms with E-state index in [4.69, 9.17) is 5.11 Å². The van der Waals surface area contributed by atoms with Crippen molar-refractivity contribution in [2.45, 2.75) is 90.0 Å². The molecule has 0 aromatic heterocycles. The Morgan fingerprint density at radius 3 is 1.67 bits per heavy atom. The highest BCUT2D eigenvalue weighted by molar-refractivity contribution is 6.02. The molecule has 0 aromatic carbocycles. The van der Waals surface area contributed by atoms with Crippen LogP contribution in [0.1, 0.15) is 84.0 Å². The lowest BCUT2D eigenvalue weighted by Crippen LogP contribution is -2.41. The van der Waals surface area contributed by atoms with Gasteiger partial charge in [0.1, 0.15) is 0 Å². The van der Waals surface area contributed by atoms with Crippen molar-refractivity contribution in [3.63, 3.8) is 0 Å². The molecule has 0 amide bonds. The highest BCUT2D eigenvalue weighted by atomic mass is 16.4. The summed E-state index contributed by atoms with van der Waals surface area (Å²) >= 11 is 0. The number of carboxylic acid groups (broad SMARTS) is 1. The Kier molecular flexibility index (Phi) is 13.5. The second-order valence-corrected chi connectivity index (χ2v) is 5.81. The minimum atomic E-state index is -1.08. The summed E-state index contributed by atoms with van der Waals surface area (Å²) in [4.78, 5) is 22.4. The van der Waals surface area contributed by atoms with Crippen LogP contribution in [-0.2, 0) is 9.59 Å². The molecule has 4 heteroatoms. The van der Waals surface area contributed by atoms with Crippen molar-refractivity contribution in [3.8, 4) is 0 Å². The summed E-state index contributed by atoms with van der Waals surface area (Å²) in [5, 5.41) is 11.4. The average molecular weight is 299 g/mol. The lowest BCUT2D eigenvalue weighted by molar-refractivity contribution is -0.143. The standard InChI is InChI=1S/C17H33NO3/c1-3-4-5-6-7-8-9-10-11-12-13-14-15(19)16(18-2)17(20)21/h16,18H,3-14H2,1-2H3,(H,20,21). The zero-order chi connectivity index (χ0) is 15.9. The highest BCUT2D eigenvalue weighted by Gasteiger charge is 2.22. The van der Waals surface area contributed by atoms with Crippen LogP contribution in [0.3, 0.4) is 0 Å². The molecular weight excluding hydrogens is 266 g/mol. The highest BCUT2D eigenvalue weighted by Crippen LogP contribution is 2.12. The second-order valence-electron chi connectivity index (χ2n) is 5.81. The molecule has 0 heterocycles. The van der Waals surface area contributed by atoms with Crippen molar-refractivity contribution < 1.29 is 14.7 Å². The van der Waals surface area contributed by atoms with Crippen molar-refractivity contribution in [2.24, 2.45) is 0 Å². The molecule has 0 bridgehead atoms. The molecule has 124 valence electrons. The lowest BCUT2D eigenvalue weighted by atomic mass is 10.0. The van der Waals surface area contributed by atoms with E-state index in [9.17, 15) is 9.59 Å². The summed E-state index contributed by atoms with van der Waals surface area (Å²) in [5.74, 6) is -1.29. The number of hydrogen-bond donors (Lipinski definition) is 2. The Morgan fingerprint density at radius 2 is 1.29 bits per heavy atom. The summed E-state index contributed by atoms with van der Waals surface area (Å²) in [7, 11) is 1.51. The van der Waals surface area contributed by atoms with E-state index in [1.165, 1.54) is 58.4 Å². The van der Waals surface area contributed by atoms with Gasteiger partial charge in [0.2, 0.25) is 0 Å². The van der Waals surface area contributed by atoms with Gasteiger partial charge in [-0.05, 0) is 13.5 Å².